The normalized spacial score (nSPS) is 9.79. The van der Waals surface area contributed by atoms with E-state index in [1.165, 1.54) is 6.07 Å². The fourth-order valence-electron chi connectivity index (χ4n) is 0.968. The predicted molar refractivity (Wildman–Crippen MR) is 46.8 cm³/mol. The van der Waals surface area contributed by atoms with E-state index in [4.69, 9.17) is 11.6 Å². The summed E-state index contributed by atoms with van der Waals surface area (Å²) in [5, 5.41) is 0.359. The second kappa shape index (κ2) is 4.34. The van der Waals surface area contributed by atoms with E-state index in [1.54, 1.807) is 0 Å². The number of aromatic nitrogens is 3. The number of rotatable bonds is 0. The number of hydrogen-bond acceptors (Lipinski definition) is 3. The Kier molecular flexibility index (Phi) is 3.58. The molecule has 2 aromatic rings. The molecular formula is C7H3ClN3O2Y-. The monoisotopic (exact) mass is 285 g/mol. The van der Waals surface area contributed by atoms with Crippen LogP contribution in [0.25, 0.3) is 11.0 Å². The van der Waals surface area contributed by atoms with E-state index in [1.807, 2.05) is 0 Å². The van der Waals surface area contributed by atoms with Crippen molar-refractivity contribution in [3.8, 4) is 0 Å². The van der Waals surface area contributed by atoms with Gasteiger partial charge in [-0.2, -0.15) is 0 Å². The summed E-state index contributed by atoms with van der Waals surface area (Å²) in [7, 11) is 0. The van der Waals surface area contributed by atoms with Gasteiger partial charge in [-0.15, -0.1) is 0 Å². The molecular weight excluding hydrogens is 282 g/mol. The molecule has 2 rings (SSSR count). The summed E-state index contributed by atoms with van der Waals surface area (Å²) in [6, 6.07) is 3.92. The number of hydrogen-bond donors (Lipinski definition) is 2. The topological polar surface area (TPSA) is 78.6 Å². The van der Waals surface area contributed by atoms with Crippen molar-refractivity contribution in [1.82, 2.24) is 15.0 Å². The van der Waals surface area contributed by atoms with Crippen LogP contribution in [-0.4, -0.2) is 15.0 Å². The van der Waals surface area contributed by atoms with Gasteiger partial charge in [-0.05, 0) is 0 Å². The third kappa shape index (κ3) is 2.11. The van der Waals surface area contributed by atoms with Crippen molar-refractivity contribution >= 4 is 22.6 Å². The standard InChI is InChI=1S/C7H3ClN3O2.Y/c8-4-2-1-3-5(9-4)10-7(13)11-6(3)12;/h1H,(H2,9,10,11,12,13);/q-1;. The zero-order valence-corrected chi connectivity index (χ0v) is 10.4. The number of halogens is 1. The van der Waals surface area contributed by atoms with Gasteiger partial charge in [0.2, 0.25) is 0 Å². The summed E-state index contributed by atoms with van der Waals surface area (Å²) >= 11 is 5.52. The molecule has 0 saturated carbocycles. The first-order valence-corrected chi connectivity index (χ1v) is 3.75. The van der Waals surface area contributed by atoms with Gasteiger partial charge in [-0.25, -0.2) is 16.9 Å². The van der Waals surface area contributed by atoms with Crippen LogP contribution >= 0.6 is 11.6 Å². The molecule has 2 N–H and O–H groups in total. The number of fused-ring (bicyclic) bond motifs is 1. The van der Waals surface area contributed by atoms with Crippen LogP contribution in [0.15, 0.2) is 15.7 Å². The molecule has 0 aliphatic rings. The van der Waals surface area contributed by atoms with Gasteiger partial charge in [0, 0.05) is 37.9 Å². The van der Waals surface area contributed by atoms with Crippen LogP contribution in [0, 0.1) is 6.07 Å². The molecule has 0 aliphatic carbocycles. The van der Waals surface area contributed by atoms with Crippen molar-refractivity contribution in [3.63, 3.8) is 0 Å². The number of pyridine rings is 1. The van der Waals surface area contributed by atoms with Gasteiger partial charge in [0.25, 0.3) is 0 Å². The molecule has 0 spiro atoms. The van der Waals surface area contributed by atoms with Crippen LogP contribution in [0.3, 0.4) is 0 Å². The van der Waals surface area contributed by atoms with Gasteiger partial charge >= 0.3 is 5.69 Å². The summed E-state index contributed by atoms with van der Waals surface area (Å²) in [6.45, 7) is 0. The molecule has 0 atom stereocenters. The largest absolute Gasteiger partial charge is 0.324 e. The fraction of sp³-hybridized carbons (Fsp3) is 0. The molecule has 2 heterocycles. The Hall–Kier alpha value is -0.516. The van der Waals surface area contributed by atoms with E-state index >= 15 is 0 Å². The Balaban J connectivity index is 0.000000980. The van der Waals surface area contributed by atoms with Crippen molar-refractivity contribution in [2.24, 2.45) is 0 Å². The quantitative estimate of drug-likeness (QED) is 0.531. The molecule has 0 aromatic carbocycles. The molecule has 7 heteroatoms. The van der Waals surface area contributed by atoms with Gasteiger partial charge in [0.15, 0.2) is 5.56 Å². The average Bonchev–Trinajstić information content (AvgIpc) is 2.02. The van der Waals surface area contributed by atoms with Gasteiger partial charge in [-0.3, -0.25) is 14.8 Å². The van der Waals surface area contributed by atoms with Gasteiger partial charge < -0.3 is 4.98 Å². The predicted octanol–water partition coefficient (Wildman–Crippen LogP) is 0.0625. The van der Waals surface area contributed by atoms with E-state index in [2.05, 4.69) is 21.0 Å². The second-order valence-corrected chi connectivity index (χ2v) is 2.72. The van der Waals surface area contributed by atoms with Crippen LogP contribution in [0.2, 0.25) is 5.15 Å². The van der Waals surface area contributed by atoms with E-state index < -0.39 is 11.2 Å². The molecule has 69 valence electrons. The Morgan fingerprint density at radius 1 is 1.36 bits per heavy atom. The van der Waals surface area contributed by atoms with Crippen molar-refractivity contribution in [1.29, 1.82) is 0 Å². The van der Waals surface area contributed by atoms with Crippen LogP contribution in [0.5, 0.6) is 0 Å². The Labute approximate surface area is 108 Å². The number of nitrogens with zero attached hydrogens (tertiary/aromatic N) is 1. The minimum absolute atomic E-state index is 0. The molecule has 14 heavy (non-hydrogen) atoms. The SMILES string of the molecule is O=c1[nH]c(=O)c2c[c-]c(Cl)nc2[nH]1.[Y]. The maximum absolute atomic E-state index is 11.1. The summed E-state index contributed by atoms with van der Waals surface area (Å²) < 4.78 is 0. The first-order valence-electron chi connectivity index (χ1n) is 3.37. The van der Waals surface area contributed by atoms with Crippen molar-refractivity contribution < 1.29 is 32.7 Å². The zero-order chi connectivity index (χ0) is 9.42. The summed E-state index contributed by atoms with van der Waals surface area (Å²) in [6.07, 6.45) is 0. The molecule has 1 radical (unpaired) electrons. The van der Waals surface area contributed by atoms with E-state index in [0.29, 0.717) is 0 Å². The molecule has 5 nitrogen and oxygen atoms in total. The second-order valence-electron chi connectivity index (χ2n) is 2.36. The average molecular weight is 285 g/mol. The number of H-pyrrole nitrogens is 2. The van der Waals surface area contributed by atoms with Crippen molar-refractivity contribution in [3.05, 3.63) is 38.1 Å². The molecule has 0 aliphatic heterocycles. The Morgan fingerprint density at radius 3 is 2.79 bits per heavy atom. The maximum Gasteiger partial charge on any atom is 0.324 e. The van der Waals surface area contributed by atoms with Crippen LogP contribution in [0.1, 0.15) is 0 Å². The molecule has 2 aromatic heterocycles. The smallest absolute Gasteiger partial charge is 0.307 e. The first-order chi connectivity index (χ1) is 6.16. The van der Waals surface area contributed by atoms with E-state index in [-0.39, 0.29) is 48.9 Å². The van der Waals surface area contributed by atoms with Crippen LogP contribution in [0.4, 0.5) is 0 Å². The summed E-state index contributed by atoms with van der Waals surface area (Å²) in [4.78, 5) is 30.1. The molecule has 0 saturated heterocycles. The summed E-state index contributed by atoms with van der Waals surface area (Å²) in [5.41, 5.74) is -0.941. The third-order valence-corrected chi connectivity index (χ3v) is 1.70. The summed E-state index contributed by atoms with van der Waals surface area (Å²) in [5.74, 6) is 0. The third-order valence-electron chi connectivity index (χ3n) is 1.50. The first kappa shape index (κ1) is 11.6. The minimum Gasteiger partial charge on any atom is -0.307 e. The van der Waals surface area contributed by atoms with Gasteiger partial charge in [0.05, 0.1) is 5.65 Å². The maximum atomic E-state index is 11.1. The van der Waals surface area contributed by atoms with Gasteiger partial charge in [0.1, 0.15) is 0 Å². The van der Waals surface area contributed by atoms with Crippen LogP contribution in [-0.2, 0) is 32.7 Å². The molecule has 0 bridgehead atoms. The van der Waals surface area contributed by atoms with Crippen molar-refractivity contribution in [2.75, 3.05) is 0 Å². The van der Waals surface area contributed by atoms with E-state index in [9.17, 15) is 9.59 Å². The minimum atomic E-state index is -0.604. The molecule has 0 unspecified atom stereocenters. The van der Waals surface area contributed by atoms with E-state index in [0.717, 1.165) is 0 Å². The Morgan fingerprint density at radius 2 is 2.07 bits per heavy atom. The Bertz CT molecular complexity index is 577. The molecule has 0 amide bonds. The number of nitrogens with one attached hydrogen (secondary N) is 2. The zero-order valence-electron chi connectivity index (χ0n) is 6.80. The number of aromatic amines is 2. The van der Waals surface area contributed by atoms with Crippen LogP contribution < -0.4 is 11.2 Å². The molecule has 0 fully saturated rings. The van der Waals surface area contributed by atoms with Crippen molar-refractivity contribution in [2.45, 2.75) is 0 Å². The fourth-order valence-corrected chi connectivity index (χ4v) is 1.11. The van der Waals surface area contributed by atoms with Gasteiger partial charge in [-0.1, -0.05) is 17.0 Å².